The average molecular weight is 251 g/mol. The summed E-state index contributed by atoms with van der Waals surface area (Å²) in [6.45, 7) is 0. The van der Waals surface area contributed by atoms with E-state index >= 15 is 0 Å². The average Bonchev–Trinajstić information content (AvgIpc) is 2.36. The van der Waals surface area contributed by atoms with Crippen molar-refractivity contribution in [3.05, 3.63) is 24.3 Å². The minimum absolute atomic E-state index is 0.352. The van der Waals surface area contributed by atoms with Crippen LogP contribution >= 0.6 is 0 Å². The van der Waals surface area contributed by atoms with Gasteiger partial charge in [0.2, 0.25) is 0 Å². The summed E-state index contributed by atoms with van der Waals surface area (Å²) in [5.41, 5.74) is 0.515. The lowest BCUT2D eigenvalue weighted by atomic mass is 9.96. The minimum atomic E-state index is -1.09. The molecule has 18 heavy (non-hydrogen) atoms. The van der Waals surface area contributed by atoms with Crippen molar-refractivity contribution in [3.63, 3.8) is 0 Å². The van der Waals surface area contributed by atoms with Gasteiger partial charge in [-0.15, -0.1) is 0 Å². The Kier molecular flexibility index (Phi) is 3.20. The van der Waals surface area contributed by atoms with Gasteiger partial charge in [-0.25, -0.2) is 4.79 Å². The third-order valence-corrected chi connectivity index (χ3v) is 2.90. The highest BCUT2D eigenvalue weighted by atomic mass is 16.5. The summed E-state index contributed by atoms with van der Waals surface area (Å²) in [6, 6.07) is 5.64. The number of anilines is 1. The number of nitrogens with zero attached hydrogens (tertiary/aromatic N) is 1. The largest absolute Gasteiger partial charge is 0.497 e. The lowest BCUT2D eigenvalue weighted by Gasteiger charge is -2.43. The standard InChI is InChI=1S/C12H13NO5/c1-17-8-5-3-7(4-6-8)13-9(12(15)16)10(18-2)11(13)14/h3-6,9-10H,1-2H3,(H,15,16). The van der Waals surface area contributed by atoms with Crippen LogP contribution in [0.2, 0.25) is 0 Å². The van der Waals surface area contributed by atoms with Crippen LogP contribution in [0.4, 0.5) is 5.69 Å². The predicted molar refractivity (Wildman–Crippen MR) is 62.7 cm³/mol. The van der Waals surface area contributed by atoms with E-state index in [9.17, 15) is 9.59 Å². The summed E-state index contributed by atoms with van der Waals surface area (Å²) in [7, 11) is 2.86. The summed E-state index contributed by atoms with van der Waals surface area (Å²) in [5, 5.41) is 9.09. The fourth-order valence-electron chi connectivity index (χ4n) is 1.96. The van der Waals surface area contributed by atoms with Crippen LogP contribution in [0, 0.1) is 0 Å². The highest BCUT2D eigenvalue weighted by Crippen LogP contribution is 2.31. The number of amides is 1. The number of methoxy groups -OCH3 is 2. The number of ether oxygens (including phenoxy) is 2. The molecule has 6 nitrogen and oxygen atoms in total. The molecule has 0 aromatic heterocycles. The molecule has 2 unspecified atom stereocenters. The summed E-state index contributed by atoms with van der Waals surface area (Å²) in [6.07, 6.45) is -0.912. The van der Waals surface area contributed by atoms with E-state index in [-0.39, 0.29) is 5.91 Å². The summed E-state index contributed by atoms with van der Waals surface area (Å²) in [5.74, 6) is -0.797. The maximum Gasteiger partial charge on any atom is 0.330 e. The number of aliphatic carboxylic acids is 1. The fraction of sp³-hybridized carbons (Fsp3) is 0.333. The van der Waals surface area contributed by atoms with E-state index in [1.54, 1.807) is 24.3 Å². The smallest absolute Gasteiger partial charge is 0.330 e. The van der Waals surface area contributed by atoms with Gasteiger partial charge in [0.1, 0.15) is 5.75 Å². The Morgan fingerprint density at radius 3 is 2.33 bits per heavy atom. The quantitative estimate of drug-likeness (QED) is 0.789. The lowest BCUT2D eigenvalue weighted by molar-refractivity contribution is -0.155. The van der Waals surface area contributed by atoms with Crippen LogP contribution in [0.1, 0.15) is 0 Å². The molecular weight excluding hydrogens is 238 g/mol. The van der Waals surface area contributed by atoms with Crippen molar-refractivity contribution in [2.24, 2.45) is 0 Å². The number of hydrogen-bond donors (Lipinski definition) is 1. The molecule has 1 fully saturated rings. The maximum absolute atomic E-state index is 11.8. The van der Waals surface area contributed by atoms with Crippen molar-refractivity contribution in [2.45, 2.75) is 12.1 Å². The second-order valence-corrected chi connectivity index (χ2v) is 3.85. The van der Waals surface area contributed by atoms with Crippen molar-refractivity contribution < 1.29 is 24.2 Å². The van der Waals surface area contributed by atoms with Crippen LogP contribution in [0.5, 0.6) is 5.75 Å². The zero-order chi connectivity index (χ0) is 13.3. The summed E-state index contributed by atoms with van der Waals surface area (Å²) in [4.78, 5) is 24.1. The molecule has 0 radical (unpaired) electrons. The van der Waals surface area contributed by atoms with Gasteiger partial charge in [-0.05, 0) is 24.3 Å². The van der Waals surface area contributed by atoms with Crippen LogP contribution in [0.3, 0.4) is 0 Å². The Morgan fingerprint density at radius 2 is 1.89 bits per heavy atom. The van der Waals surface area contributed by atoms with Gasteiger partial charge in [0.25, 0.3) is 5.91 Å². The van der Waals surface area contributed by atoms with E-state index < -0.39 is 18.1 Å². The van der Waals surface area contributed by atoms with Gasteiger partial charge < -0.3 is 14.6 Å². The van der Waals surface area contributed by atoms with Crippen LogP contribution in [0.25, 0.3) is 0 Å². The molecule has 1 aromatic carbocycles. The number of rotatable bonds is 4. The van der Waals surface area contributed by atoms with Gasteiger partial charge in [-0.2, -0.15) is 0 Å². The molecule has 0 saturated carbocycles. The van der Waals surface area contributed by atoms with E-state index in [0.717, 1.165) is 0 Å². The first-order valence-electron chi connectivity index (χ1n) is 5.33. The molecule has 1 heterocycles. The number of carboxylic acids is 1. The number of carbonyl (C=O) groups is 2. The number of carbonyl (C=O) groups excluding carboxylic acids is 1. The molecule has 0 aliphatic carbocycles. The van der Waals surface area contributed by atoms with Crippen LogP contribution in [0.15, 0.2) is 24.3 Å². The minimum Gasteiger partial charge on any atom is -0.497 e. The molecular formula is C12H13NO5. The molecule has 1 aliphatic heterocycles. The molecule has 6 heteroatoms. The van der Waals surface area contributed by atoms with Crippen LogP contribution < -0.4 is 9.64 Å². The number of carboxylic acid groups (broad SMARTS) is 1. The Balaban J connectivity index is 2.26. The van der Waals surface area contributed by atoms with Gasteiger partial charge in [-0.1, -0.05) is 0 Å². The van der Waals surface area contributed by atoms with E-state index in [1.807, 2.05) is 0 Å². The second kappa shape index (κ2) is 4.66. The molecule has 2 rings (SSSR count). The molecule has 1 N–H and O–H groups in total. The molecule has 1 aliphatic rings. The SMILES string of the molecule is COc1ccc(N2C(=O)C(OC)C2C(=O)O)cc1. The van der Waals surface area contributed by atoms with E-state index in [0.29, 0.717) is 11.4 Å². The summed E-state index contributed by atoms with van der Waals surface area (Å²) < 4.78 is 9.87. The van der Waals surface area contributed by atoms with Crippen molar-refractivity contribution in [2.75, 3.05) is 19.1 Å². The number of hydrogen-bond acceptors (Lipinski definition) is 4. The third kappa shape index (κ3) is 1.80. The number of β-lactam (4-membered cyclic amide) rings is 1. The molecule has 2 atom stereocenters. The maximum atomic E-state index is 11.8. The van der Waals surface area contributed by atoms with Gasteiger partial charge in [0, 0.05) is 12.8 Å². The van der Waals surface area contributed by atoms with E-state index in [2.05, 4.69) is 0 Å². The van der Waals surface area contributed by atoms with E-state index in [4.69, 9.17) is 14.6 Å². The molecule has 1 saturated heterocycles. The second-order valence-electron chi connectivity index (χ2n) is 3.85. The van der Waals surface area contributed by atoms with Crippen molar-refractivity contribution in [1.82, 2.24) is 0 Å². The molecule has 0 spiro atoms. The highest BCUT2D eigenvalue weighted by Gasteiger charge is 2.53. The first-order chi connectivity index (χ1) is 8.60. The van der Waals surface area contributed by atoms with Gasteiger partial charge in [0.15, 0.2) is 12.1 Å². The Bertz CT molecular complexity index is 470. The third-order valence-electron chi connectivity index (χ3n) is 2.90. The molecule has 96 valence electrons. The van der Waals surface area contributed by atoms with E-state index in [1.165, 1.54) is 19.1 Å². The van der Waals surface area contributed by atoms with Crippen LogP contribution in [-0.4, -0.2) is 43.3 Å². The Morgan fingerprint density at radius 1 is 1.28 bits per heavy atom. The topological polar surface area (TPSA) is 76.1 Å². The Hall–Kier alpha value is -2.08. The summed E-state index contributed by atoms with van der Waals surface area (Å²) >= 11 is 0. The van der Waals surface area contributed by atoms with Crippen molar-refractivity contribution >= 4 is 17.6 Å². The monoisotopic (exact) mass is 251 g/mol. The van der Waals surface area contributed by atoms with Gasteiger partial charge in [-0.3, -0.25) is 9.69 Å². The number of benzene rings is 1. The lowest BCUT2D eigenvalue weighted by Crippen LogP contribution is -2.69. The fourth-order valence-corrected chi connectivity index (χ4v) is 1.96. The first-order valence-corrected chi connectivity index (χ1v) is 5.33. The zero-order valence-corrected chi connectivity index (χ0v) is 9.99. The van der Waals surface area contributed by atoms with Gasteiger partial charge >= 0.3 is 5.97 Å². The van der Waals surface area contributed by atoms with Crippen LogP contribution in [-0.2, 0) is 14.3 Å². The molecule has 1 aromatic rings. The molecule has 0 bridgehead atoms. The normalized spacial score (nSPS) is 22.6. The predicted octanol–water partition coefficient (Wildman–Crippen LogP) is 0.510. The van der Waals surface area contributed by atoms with Crippen molar-refractivity contribution in [3.8, 4) is 5.75 Å². The zero-order valence-electron chi connectivity index (χ0n) is 9.99. The highest BCUT2D eigenvalue weighted by molar-refractivity contribution is 6.12. The Labute approximate surface area is 104 Å². The van der Waals surface area contributed by atoms with Crippen molar-refractivity contribution in [1.29, 1.82) is 0 Å². The molecule has 1 amide bonds. The first kappa shape index (κ1) is 12.4. The van der Waals surface area contributed by atoms with Gasteiger partial charge in [0.05, 0.1) is 7.11 Å².